The summed E-state index contributed by atoms with van der Waals surface area (Å²) in [6.07, 6.45) is 4.21. The molecule has 3 nitrogen and oxygen atoms in total. The van der Waals surface area contributed by atoms with E-state index < -0.39 is 5.78 Å². The Bertz CT molecular complexity index is 655. The molecule has 0 aliphatic heterocycles. The summed E-state index contributed by atoms with van der Waals surface area (Å²) in [5.41, 5.74) is 1.08. The van der Waals surface area contributed by atoms with Crippen LogP contribution in [0.25, 0.3) is 6.08 Å². The van der Waals surface area contributed by atoms with Crippen molar-refractivity contribution in [3.8, 4) is 5.75 Å². The van der Waals surface area contributed by atoms with Crippen LogP contribution in [0.1, 0.15) is 15.9 Å². The number of para-hydroxylation sites is 1. The number of aromatic hydroxyl groups is 1. The van der Waals surface area contributed by atoms with E-state index in [9.17, 15) is 15.0 Å². The van der Waals surface area contributed by atoms with Gasteiger partial charge in [-0.2, -0.15) is 0 Å². The van der Waals surface area contributed by atoms with Crippen molar-refractivity contribution in [1.29, 1.82) is 0 Å². The number of phenols is 1. The van der Waals surface area contributed by atoms with Gasteiger partial charge in [0.15, 0.2) is 5.78 Å². The molecular weight excluding hydrogens is 252 g/mol. The highest BCUT2D eigenvalue weighted by Crippen LogP contribution is 2.17. The first-order chi connectivity index (χ1) is 9.66. The van der Waals surface area contributed by atoms with Gasteiger partial charge in [-0.3, -0.25) is 4.79 Å². The zero-order chi connectivity index (χ0) is 14.4. The topological polar surface area (TPSA) is 57.5 Å². The molecule has 0 aliphatic rings. The normalized spacial score (nSPS) is 11.7. The molecule has 0 amide bonds. The predicted octanol–water partition coefficient (Wildman–Crippen LogP) is 3.73. The number of allylic oxidation sites excluding steroid dienone is 2. The zero-order valence-electron chi connectivity index (χ0n) is 10.7. The van der Waals surface area contributed by atoms with Crippen LogP contribution in [0.3, 0.4) is 0 Å². The summed E-state index contributed by atoms with van der Waals surface area (Å²) in [4.78, 5) is 11.9. The number of carbonyl (C=O) groups excluding carboxylic acids is 1. The molecule has 0 aliphatic carbocycles. The summed E-state index contributed by atoms with van der Waals surface area (Å²) in [5.74, 6) is -0.714. The second-order valence-electron chi connectivity index (χ2n) is 4.19. The third kappa shape index (κ3) is 3.59. The summed E-state index contributed by atoms with van der Waals surface area (Å²) in [7, 11) is 0. The molecule has 2 aromatic rings. The molecule has 20 heavy (non-hydrogen) atoms. The molecule has 2 aromatic carbocycles. The zero-order valence-corrected chi connectivity index (χ0v) is 10.7. The maximum absolute atomic E-state index is 11.9. The van der Waals surface area contributed by atoms with E-state index in [1.54, 1.807) is 18.2 Å². The third-order valence-corrected chi connectivity index (χ3v) is 2.69. The van der Waals surface area contributed by atoms with Crippen LogP contribution in [-0.2, 0) is 0 Å². The molecule has 0 unspecified atom stereocenters. The Labute approximate surface area is 117 Å². The molecule has 0 saturated carbocycles. The maximum Gasteiger partial charge on any atom is 0.193 e. The molecule has 0 saturated heterocycles. The van der Waals surface area contributed by atoms with Gasteiger partial charge in [-0.1, -0.05) is 48.5 Å². The van der Waals surface area contributed by atoms with Crippen LogP contribution in [0.15, 0.2) is 72.5 Å². The monoisotopic (exact) mass is 266 g/mol. The quantitative estimate of drug-likeness (QED) is 0.383. The lowest BCUT2D eigenvalue weighted by molar-refractivity contribution is 0.104. The highest BCUT2D eigenvalue weighted by molar-refractivity contribution is 6.06. The molecule has 0 aromatic heterocycles. The predicted molar refractivity (Wildman–Crippen MR) is 78.6 cm³/mol. The van der Waals surface area contributed by atoms with Gasteiger partial charge < -0.3 is 10.2 Å². The van der Waals surface area contributed by atoms with E-state index in [0.29, 0.717) is 0 Å². The van der Waals surface area contributed by atoms with Crippen molar-refractivity contribution < 1.29 is 15.0 Å². The highest BCUT2D eigenvalue weighted by Gasteiger charge is 2.07. The number of aliphatic hydroxyl groups is 1. The number of aliphatic hydroxyl groups excluding tert-OH is 1. The Hall–Kier alpha value is -2.81. The van der Waals surface area contributed by atoms with Gasteiger partial charge in [-0.25, -0.2) is 0 Å². The van der Waals surface area contributed by atoms with E-state index in [1.807, 2.05) is 30.3 Å². The minimum Gasteiger partial charge on any atom is -0.508 e. The van der Waals surface area contributed by atoms with Crippen LogP contribution in [0.4, 0.5) is 0 Å². The highest BCUT2D eigenvalue weighted by atomic mass is 16.3. The van der Waals surface area contributed by atoms with Crippen LogP contribution in [0.5, 0.6) is 5.75 Å². The fraction of sp³-hybridized carbons (Fsp3) is 0. The summed E-state index contributed by atoms with van der Waals surface area (Å²) in [6, 6.07) is 15.6. The lowest BCUT2D eigenvalue weighted by Crippen LogP contribution is -1.96. The molecule has 0 atom stereocenters. The Morgan fingerprint density at radius 1 is 0.950 bits per heavy atom. The Balaban J connectivity index is 2.13. The van der Waals surface area contributed by atoms with Crippen molar-refractivity contribution in [3.05, 3.63) is 83.6 Å². The number of ketones is 1. The molecule has 0 radical (unpaired) electrons. The van der Waals surface area contributed by atoms with Gasteiger partial charge in [-0.15, -0.1) is 0 Å². The van der Waals surface area contributed by atoms with Crippen LogP contribution >= 0.6 is 0 Å². The average Bonchev–Trinajstić information content (AvgIpc) is 2.46. The van der Waals surface area contributed by atoms with Gasteiger partial charge in [0, 0.05) is 6.08 Å². The lowest BCUT2D eigenvalue weighted by atomic mass is 10.1. The van der Waals surface area contributed by atoms with E-state index in [4.69, 9.17) is 0 Å². The Morgan fingerprint density at radius 2 is 1.60 bits per heavy atom. The third-order valence-electron chi connectivity index (χ3n) is 2.69. The average molecular weight is 266 g/mol. The number of benzene rings is 2. The van der Waals surface area contributed by atoms with E-state index in [2.05, 4.69) is 0 Å². The molecule has 0 fully saturated rings. The van der Waals surface area contributed by atoms with E-state index in [-0.39, 0.29) is 17.1 Å². The SMILES string of the molecule is O=C(/C=C(O)/C=C/c1ccccc1)c1ccccc1O. The second-order valence-corrected chi connectivity index (χ2v) is 4.19. The second kappa shape index (κ2) is 6.38. The van der Waals surface area contributed by atoms with Gasteiger partial charge in [0.2, 0.25) is 0 Å². The van der Waals surface area contributed by atoms with Crippen molar-refractivity contribution in [2.24, 2.45) is 0 Å². The van der Waals surface area contributed by atoms with Gasteiger partial charge in [0.05, 0.1) is 5.56 Å². The number of hydrogen-bond donors (Lipinski definition) is 2. The van der Waals surface area contributed by atoms with Gasteiger partial charge in [-0.05, 0) is 23.8 Å². The first-order valence-electron chi connectivity index (χ1n) is 6.13. The summed E-state index contributed by atoms with van der Waals surface area (Å²) in [6.45, 7) is 0. The maximum atomic E-state index is 11.9. The summed E-state index contributed by atoms with van der Waals surface area (Å²) in [5, 5.41) is 19.3. The summed E-state index contributed by atoms with van der Waals surface area (Å²) < 4.78 is 0. The van der Waals surface area contributed by atoms with Crippen LogP contribution < -0.4 is 0 Å². The van der Waals surface area contributed by atoms with E-state index in [0.717, 1.165) is 11.6 Å². The number of carbonyl (C=O) groups is 1. The Kier molecular flexibility index (Phi) is 4.35. The fourth-order valence-electron chi connectivity index (χ4n) is 1.69. The largest absolute Gasteiger partial charge is 0.508 e. The fourth-order valence-corrected chi connectivity index (χ4v) is 1.69. The van der Waals surface area contributed by atoms with Gasteiger partial charge in [0.25, 0.3) is 0 Å². The first kappa shape index (κ1) is 13.6. The van der Waals surface area contributed by atoms with Gasteiger partial charge >= 0.3 is 0 Å². The van der Waals surface area contributed by atoms with Crippen LogP contribution in [0, 0.1) is 0 Å². The minimum absolute atomic E-state index is 0.103. The Morgan fingerprint density at radius 3 is 2.30 bits per heavy atom. The van der Waals surface area contributed by atoms with Crippen LogP contribution in [-0.4, -0.2) is 16.0 Å². The van der Waals surface area contributed by atoms with Crippen molar-refractivity contribution in [3.63, 3.8) is 0 Å². The number of hydrogen-bond acceptors (Lipinski definition) is 3. The smallest absolute Gasteiger partial charge is 0.193 e. The van der Waals surface area contributed by atoms with E-state index in [1.165, 1.54) is 18.2 Å². The van der Waals surface area contributed by atoms with Crippen molar-refractivity contribution in [2.75, 3.05) is 0 Å². The molecular formula is C17H14O3. The van der Waals surface area contributed by atoms with Crippen molar-refractivity contribution in [2.45, 2.75) is 0 Å². The summed E-state index contributed by atoms with van der Waals surface area (Å²) >= 11 is 0. The molecule has 0 spiro atoms. The van der Waals surface area contributed by atoms with Crippen LogP contribution in [0.2, 0.25) is 0 Å². The molecule has 100 valence electrons. The minimum atomic E-state index is -0.446. The molecule has 0 bridgehead atoms. The van der Waals surface area contributed by atoms with Crippen molar-refractivity contribution in [1.82, 2.24) is 0 Å². The number of rotatable bonds is 4. The molecule has 0 heterocycles. The molecule has 2 N–H and O–H groups in total. The molecule has 3 heteroatoms. The van der Waals surface area contributed by atoms with Crippen molar-refractivity contribution >= 4 is 11.9 Å². The first-order valence-corrected chi connectivity index (χ1v) is 6.13. The van der Waals surface area contributed by atoms with E-state index >= 15 is 0 Å². The number of phenolic OH excluding ortho intramolecular Hbond substituents is 1. The van der Waals surface area contributed by atoms with Gasteiger partial charge in [0.1, 0.15) is 11.5 Å². The molecule has 2 rings (SSSR count). The lowest BCUT2D eigenvalue weighted by Gasteiger charge is -1.99. The standard InChI is InChI=1S/C17H14O3/c18-14(11-10-13-6-2-1-3-7-13)12-17(20)15-8-4-5-9-16(15)19/h1-12,18-19H/b11-10+,14-12-.